The summed E-state index contributed by atoms with van der Waals surface area (Å²) < 4.78 is 2.85. The average molecular weight is 287 g/mol. The number of aromatic nitrogens is 3. The molecule has 2 aromatic carbocycles. The van der Waals surface area contributed by atoms with Crippen molar-refractivity contribution < 1.29 is 4.73 Å². The third-order valence-electron chi connectivity index (χ3n) is 3.72. The first-order chi connectivity index (χ1) is 10.8. The summed E-state index contributed by atoms with van der Waals surface area (Å²) in [4.78, 5) is 4.49. The molecular weight excluding hydrogens is 274 g/mol. The molecule has 0 saturated carbocycles. The average Bonchev–Trinajstić information content (AvgIpc) is 2.99. The van der Waals surface area contributed by atoms with Crippen molar-refractivity contribution in [3.05, 3.63) is 84.6 Å². The third-order valence-corrected chi connectivity index (χ3v) is 3.72. The maximum atomic E-state index is 11.1. The summed E-state index contributed by atoms with van der Waals surface area (Å²) in [5, 5.41) is 11.1. The molecule has 0 unspecified atom stereocenters. The number of pyridine rings is 1. The van der Waals surface area contributed by atoms with Gasteiger partial charge in [-0.15, -0.1) is 0 Å². The number of rotatable bonds is 2. The monoisotopic (exact) mass is 287 g/mol. The van der Waals surface area contributed by atoms with Crippen LogP contribution in [0.5, 0.6) is 0 Å². The van der Waals surface area contributed by atoms with Crippen LogP contribution in [0.2, 0.25) is 0 Å². The van der Waals surface area contributed by atoms with Crippen molar-refractivity contribution in [2.45, 2.75) is 0 Å². The van der Waals surface area contributed by atoms with E-state index in [9.17, 15) is 5.21 Å². The Morgan fingerprint density at radius 3 is 2.41 bits per heavy atom. The van der Waals surface area contributed by atoms with E-state index < -0.39 is 0 Å². The van der Waals surface area contributed by atoms with Gasteiger partial charge in [0.15, 0.2) is 12.4 Å². The molecule has 0 amide bonds. The molecule has 4 nitrogen and oxygen atoms in total. The fourth-order valence-corrected chi connectivity index (χ4v) is 2.59. The van der Waals surface area contributed by atoms with Crippen molar-refractivity contribution in [2.75, 3.05) is 0 Å². The van der Waals surface area contributed by atoms with Gasteiger partial charge in [0.25, 0.3) is 0 Å². The highest BCUT2D eigenvalue weighted by Crippen LogP contribution is 2.24. The minimum atomic E-state index is 0.784. The molecule has 0 N–H and O–H groups in total. The van der Waals surface area contributed by atoms with Gasteiger partial charge in [0.2, 0.25) is 0 Å². The number of hydrogen-bond donors (Lipinski definition) is 0. The third kappa shape index (κ3) is 2.11. The summed E-state index contributed by atoms with van der Waals surface area (Å²) in [5.74, 6) is 0. The zero-order valence-electron chi connectivity index (χ0n) is 11.8. The van der Waals surface area contributed by atoms with Crippen LogP contribution < -0.4 is 4.73 Å². The van der Waals surface area contributed by atoms with Crippen LogP contribution in [0.25, 0.3) is 27.8 Å². The normalized spacial score (nSPS) is 10.9. The predicted molar refractivity (Wildman–Crippen MR) is 85.5 cm³/mol. The Bertz CT molecular complexity index is 928. The van der Waals surface area contributed by atoms with Gasteiger partial charge in [-0.2, -0.15) is 4.73 Å². The van der Waals surface area contributed by atoms with Crippen molar-refractivity contribution in [1.29, 1.82) is 0 Å². The van der Waals surface area contributed by atoms with Crippen molar-refractivity contribution in [1.82, 2.24) is 9.55 Å². The summed E-state index contributed by atoms with van der Waals surface area (Å²) in [6.07, 6.45) is 4.84. The fraction of sp³-hybridized carbons (Fsp3) is 0. The van der Waals surface area contributed by atoms with Crippen LogP contribution in [0.1, 0.15) is 0 Å². The lowest BCUT2D eigenvalue weighted by Crippen LogP contribution is -2.23. The summed E-state index contributed by atoms with van der Waals surface area (Å²) in [7, 11) is 0. The van der Waals surface area contributed by atoms with Crippen LogP contribution in [0.15, 0.2) is 79.4 Å². The molecule has 0 saturated heterocycles. The zero-order valence-corrected chi connectivity index (χ0v) is 11.8. The summed E-state index contributed by atoms with van der Waals surface area (Å²) in [6, 6.07) is 19.9. The lowest BCUT2D eigenvalue weighted by Gasteiger charge is -2.05. The van der Waals surface area contributed by atoms with E-state index in [0.717, 1.165) is 32.6 Å². The Morgan fingerprint density at radius 2 is 1.64 bits per heavy atom. The number of hydrogen-bond acceptors (Lipinski definition) is 2. The van der Waals surface area contributed by atoms with E-state index in [2.05, 4.69) is 27.8 Å². The second kappa shape index (κ2) is 5.00. The molecular formula is C18H13N3O. The van der Waals surface area contributed by atoms with Crippen LogP contribution in [0.3, 0.4) is 0 Å². The van der Waals surface area contributed by atoms with Crippen LogP contribution in [-0.4, -0.2) is 9.55 Å². The molecule has 2 heterocycles. The number of nitrogens with zero attached hydrogens (tertiary/aromatic N) is 3. The highest BCUT2D eigenvalue weighted by atomic mass is 16.5. The molecule has 4 aromatic rings. The molecule has 0 spiro atoms. The molecule has 2 aromatic heterocycles. The van der Waals surface area contributed by atoms with Crippen LogP contribution in [0, 0.1) is 5.21 Å². The Morgan fingerprint density at radius 1 is 0.864 bits per heavy atom. The second-order valence-electron chi connectivity index (χ2n) is 5.10. The van der Waals surface area contributed by atoms with Gasteiger partial charge < -0.3 is 5.21 Å². The van der Waals surface area contributed by atoms with Gasteiger partial charge in [-0.3, -0.25) is 4.57 Å². The molecule has 0 aliphatic carbocycles. The van der Waals surface area contributed by atoms with Gasteiger partial charge in [0, 0.05) is 17.8 Å². The first-order valence-electron chi connectivity index (χ1n) is 7.03. The molecule has 22 heavy (non-hydrogen) atoms. The first kappa shape index (κ1) is 12.6. The Kier molecular flexibility index (Phi) is 2.86. The van der Waals surface area contributed by atoms with Gasteiger partial charge >= 0.3 is 0 Å². The van der Waals surface area contributed by atoms with Crippen molar-refractivity contribution in [3.8, 4) is 16.8 Å². The fourth-order valence-electron chi connectivity index (χ4n) is 2.59. The van der Waals surface area contributed by atoms with Crippen molar-refractivity contribution >= 4 is 11.0 Å². The SMILES string of the molecule is [O-][n+]1ccc(-c2ccc3c(c2)ncn3-c2ccccc2)cc1. The highest BCUT2D eigenvalue weighted by Gasteiger charge is 2.07. The summed E-state index contributed by atoms with van der Waals surface area (Å²) in [6.45, 7) is 0. The van der Waals surface area contributed by atoms with Gasteiger partial charge in [-0.25, -0.2) is 4.98 Å². The van der Waals surface area contributed by atoms with E-state index in [1.54, 1.807) is 0 Å². The zero-order chi connectivity index (χ0) is 14.9. The quantitative estimate of drug-likeness (QED) is 0.419. The van der Waals surface area contributed by atoms with E-state index in [-0.39, 0.29) is 0 Å². The molecule has 4 heteroatoms. The molecule has 106 valence electrons. The molecule has 0 aliphatic heterocycles. The number of imidazole rings is 1. The number of para-hydroxylation sites is 1. The summed E-state index contributed by atoms with van der Waals surface area (Å²) >= 11 is 0. The minimum absolute atomic E-state index is 0.784. The molecule has 0 aliphatic rings. The maximum Gasteiger partial charge on any atom is 0.180 e. The summed E-state index contributed by atoms with van der Waals surface area (Å²) in [5.41, 5.74) is 5.13. The molecule has 0 radical (unpaired) electrons. The van der Waals surface area contributed by atoms with Gasteiger partial charge in [0.05, 0.1) is 11.0 Å². The molecule has 4 rings (SSSR count). The number of fused-ring (bicyclic) bond motifs is 1. The molecule has 0 bridgehead atoms. The highest BCUT2D eigenvalue weighted by molar-refractivity contribution is 5.83. The van der Waals surface area contributed by atoms with Crippen molar-refractivity contribution in [3.63, 3.8) is 0 Å². The Hall–Kier alpha value is -3.14. The van der Waals surface area contributed by atoms with E-state index >= 15 is 0 Å². The first-order valence-corrected chi connectivity index (χ1v) is 7.03. The van der Waals surface area contributed by atoms with Crippen LogP contribution in [-0.2, 0) is 0 Å². The van der Waals surface area contributed by atoms with Gasteiger partial charge in [-0.05, 0) is 35.4 Å². The molecule has 0 atom stereocenters. The van der Waals surface area contributed by atoms with Crippen molar-refractivity contribution in [2.24, 2.45) is 0 Å². The van der Waals surface area contributed by atoms with Gasteiger partial charge in [-0.1, -0.05) is 24.3 Å². The van der Waals surface area contributed by atoms with Gasteiger partial charge in [0.1, 0.15) is 6.33 Å². The largest absolute Gasteiger partial charge is 0.619 e. The van der Waals surface area contributed by atoms with E-state index in [4.69, 9.17) is 0 Å². The predicted octanol–water partition coefficient (Wildman–Crippen LogP) is 3.33. The maximum absolute atomic E-state index is 11.1. The standard InChI is InChI=1S/C18H13N3O/c22-20-10-8-14(9-11-20)15-6-7-18-17(12-15)19-13-21(18)16-4-2-1-3-5-16/h1-13H. The van der Waals surface area contributed by atoms with E-state index in [1.165, 1.54) is 12.4 Å². The van der Waals surface area contributed by atoms with Crippen LogP contribution in [0.4, 0.5) is 0 Å². The lowest BCUT2D eigenvalue weighted by molar-refractivity contribution is -0.605. The smallest absolute Gasteiger partial charge is 0.180 e. The minimum Gasteiger partial charge on any atom is -0.619 e. The number of benzene rings is 2. The Balaban J connectivity index is 1.82. The van der Waals surface area contributed by atoms with Crippen LogP contribution >= 0.6 is 0 Å². The second-order valence-corrected chi connectivity index (χ2v) is 5.10. The Labute approximate surface area is 127 Å². The lowest BCUT2D eigenvalue weighted by atomic mass is 10.1. The van der Waals surface area contributed by atoms with E-state index in [0.29, 0.717) is 0 Å². The molecule has 0 fully saturated rings. The topological polar surface area (TPSA) is 44.8 Å². The van der Waals surface area contributed by atoms with E-state index in [1.807, 2.05) is 48.8 Å².